The molecule has 7 heteroatoms. The summed E-state index contributed by atoms with van der Waals surface area (Å²) in [6.45, 7) is 0. The van der Waals surface area contributed by atoms with Gasteiger partial charge in [-0.15, -0.1) is 0 Å². The zero-order valence-corrected chi connectivity index (χ0v) is 11.5. The highest BCUT2D eigenvalue weighted by molar-refractivity contribution is 6.43. The summed E-state index contributed by atoms with van der Waals surface area (Å²) in [5, 5.41) is 0.943. The number of nitrogens with two attached hydrogens (primary N) is 1. The summed E-state index contributed by atoms with van der Waals surface area (Å²) < 4.78 is 5.12. The Bertz CT molecular complexity index is 584. The highest BCUT2D eigenvalue weighted by atomic mass is 35.5. The van der Waals surface area contributed by atoms with E-state index in [2.05, 4.69) is 9.97 Å². The van der Waals surface area contributed by atoms with Crippen LogP contribution < -0.4 is 10.5 Å². The quantitative estimate of drug-likeness (QED) is 0.859. The van der Waals surface area contributed by atoms with Gasteiger partial charge in [0.15, 0.2) is 0 Å². The smallest absolute Gasteiger partial charge is 0.221 e. The third-order valence-corrected chi connectivity index (χ3v) is 3.22. The first-order chi connectivity index (χ1) is 8.51. The topological polar surface area (TPSA) is 61.0 Å². The molecule has 2 N–H and O–H groups in total. The van der Waals surface area contributed by atoms with Crippen LogP contribution in [0.5, 0.6) is 5.75 Å². The van der Waals surface area contributed by atoms with Gasteiger partial charge in [-0.3, -0.25) is 0 Å². The molecule has 1 aromatic heterocycles. The van der Waals surface area contributed by atoms with Crippen molar-refractivity contribution in [2.75, 3.05) is 12.8 Å². The Labute approximate surface area is 119 Å². The number of aromatic nitrogens is 2. The van der Waals surface area contributed by atoms with E-state index in [1.807, 2.05) is 0 Å². The van der Waals surface area contributed by atoms with E-state index in [0.29, 0.717) is 27.1 Å². The Morgan fingerprint density at radius 2 is 1.83 bits per heavy atom. The second-order valence-corrected chi connectivity index (χ2v) is 4.58. The monoisotopic (exact) mass is 303 g/mol. The Kier molecular flexibility index (Phi) is 3.80. The fourth-order valence-electron chi connectivity index (χ4n) is 1.44. The highest BCUT2D eigenvalue weighted by Gasteiger charge is 2.13. The van der Waals surface area contributed by atoms with Gasteiger partial charge in [-0.05, 0) is 6.07 Å². The molecule has 1 aromatic carbocycles. The molecule has 0 radical (unpaired) electrons. The molecule has 0 unspecified atom stereocenters. The number of methoxy groups -OCH3 is 1. The highest BCUT2D eigenvalue weighted by Crippen LogP contribution is 2.37. The molecule has 0 saturated carbocycles. The number of rotatable bonds is 2. The van der Waals surface area contributed by atoms with Gasteiger partial charge in [-0.2, -0.15) is 0 Å². The van der Waals surface area contributed by atoms with E-state index in [0.717, 1.165) is 0 Å². The molecule has 0 bridgehead atoms. The zero-order valence-electron chi connectivity index (χ0n) is 9.25. The maximum atomic E-state index is 6.13. The minimum absolute atomic E-state index is 0.0625. The molecular weight excluding hydrogens is 296 g/mol. The fourth-order valence-corrected chi connectivity index (χ4v) is 2.05. The molecule has 0 amide bonds. The molecule has 0 aliphatic carbocycles. The Balaban J connectivity index is 2.65. The van der Waals surface area contributed by atoms with Crippen molar-refractivity contribution >= 4 is 40.8 Å². The molecular formula is C11H8Cl3N3O. The van der Waals surface area contributed by atoms with E-state index >= 15 is 0 Å². The maximum absolute atomic E-state index is 6.13. The average molecular weight is 305 g/mol. The third-order valence-electron chi connectivity index (χ3n) is 2.23. The largest absolute Gasteiger partial charge is 0.497 e. The number of anilines is 1. The predicted octanol–water partition coefficient (Wildman–Crippen LogP) is 3.69. The lowest BCUT2D eigenvalue weighted by molar-refractivity contribution is 0.415. The second-order valence-electron chi connectivity index (χ2n) is 3.40. The molecule has 0 saturated heterocycles. The number of nitrogens with zero attached hydrogens (tertiary/aromatic N) is 2. The van der Waals surface area contributed by atoms with E-state index in [-0.39, 0.29) is 11.1 Å². The summed E-state index contributed by atoms with van der Waals surface area (Å²) in [6.07, 6.45) is 0. The lowest BCUT2D eigenvalue weighted by Gasteiger charge is -2.09. The van der Waals surface area contributed by atoms with Crippen molar-refractivity contribution in [3.63, 3.8) is 0 Å². The summed E-state index contributed by atoms with van der Waals surface area (Å²) in [6, 6.07) is 4.86. The number of hydrogen-bond acceptors (Lipinski definition) is 4. The van der Waals surface area contributed by atoms with Crippen LogP contribution in [-0.2, 0) is 0 Å². The van der Waals surface area contributed by atoms with Gasteiger partial charge < -0.3 is 10.5 Å². The fraction of sp³-hybridized carbons (Fsp3) is 0.0909. The predicted molar refractivity (Wildman–Crippen MR) is 73.5 cm³/mol. The molecule has 0 spiro atoms. The van der Waals surface area contributed by atoms with Crippen LogP contribution in [0.15, 0.2) is 18.2 Å². The van der Waals surface area contributed by atoms with Crippen LogP contribution in [0, 0.1) is 0 Å². The first kappa shape index (κ1) is 13.2. The van der Waals surface area contributed by atoms with Crippen LogP contribution in [0.25, 0.3) is 11.3 Å². The van der Waals surface area contributed by atoms with Crippen LogP contribution in [0.3, 0.4) is 0 Å². The number of halogens is 3. The van der Waals surface area contributed by atoms with Gasteiger partial charge in [0.05, 0.1) is 22.8 Å². The molecule has 94 valence electrons. The molecule has 0 atom stereocenters. The summed E-state index contributed by atoms with van der Waals surface area (Å²) in [4.78, 5) is 7.84. The van der Waals surface area contributed by atoms with Crippen LogP contribution in [0.1, 0.15) is 0 Å². The summed E-state index contributed by atoms with van der Waals surface area (Å²) in [7, 11) is 1.53. The molecule has 1 heterocycles. The van der Waals surface area contributed by atoms with Crippen molar-refractivity contribution in [1.29, 1.82) is 0 Å². The van der Waals surface area contributed by atoms with E-state index in [4.69, 9.17) is 45.3 Å². The van der Waals surface area contributed by atoms with Gasteiger partial charge in [0.1, 0.15) is 10.9 Å². The van der Waals surface area contributed by atoms with Crippen LogP contribution in [0.4, 0.5) is 5.95 Å². The number of ether oxygens (including phenoxy) is 1. The molecule has 0 aliphatic heterocycles. The van der Waals surface area contributed by atoms with Gasteiger partial charge in [0.25, 0.3) is 0 Å². The third kappa shape index (κ3) is 2.61. The molecule has 0 aliphatic rings. The molecule has 2 aromatic rings. The van der Waals surface area contributed by atoms with Gasteiger partial charge in [-0.25, -0.2) is 9.97 Å². The lowest BCUT2D eigenvalue weighted by atomic mass is 10.1. The molecule has 4 nitrogen and oxygen atoms in total. The van der Waals surface area contributed by atoms with Crippen LogP contribution >= 0.6 is 34.8 Å². The van der Waals surface area contributed by atoms with Crippen molar-refractivity contribution in [2.45, 2.75) is 0 Å². The maximum Gasteiger partial charge on any atom is 0.221 e. The first-order valence-corrected chi connectivity index (χ1v) is 5.98. The Morgan fingerprint density at radius 1 is 1.11 bits per heavy atom. The minimum Gasteiger partial charge on any atom is -0.497 e. The van der Waals surface area contributed by atoms with Crippen molar-refractivity contribution in [3.8, 4) is 17.0 Å². The Hall–Kier alpha value is -1.23. The van der Waals surface area contributed by atoms with E-state index in [9.17, 15) is 0 Å². The van der Waals surface area contributed by atoms with E-state index in [1.54, 1.807) is 18.2 Å². The Morgan fingerprint density at radius 3 is 2.44 bits per heavy atom. The first-order valence-electron chi connectivity index (χ1n) is 4.84. The number of hydrogen-bond donors (Lipinski definition) is 1. The second kappa shape index (κ2) is 5.18. The summed E-state index contributed by atoms with van der Waals surface area (Å²) >= 11 is 18.0. The van der Waals surface area contributed by atoms with Gasteiger partial charge >= 0.3 is 0 Å². The molecule has 0 fully saturated rings. The van der Waals surface area contributed by atoms with Gasteiger partial charge in [0.2, 0.25) is 5.95 Å². The normalized spacial score (nSPS) is 10.4. The average Bonchev–Trinajstić information content (AvgIpc) is 2.31. The van der Waals surface area contributed by atoms with E-state index in [1.165, 1.54) is 7.11 Å². The summed E-state index contributed by atoms with van der Waals surface area (Å²) in [5.41, 5.74) is 6.61. The van der Waals surface area contributed by atoms with Crippen molar-refractivity contribution in [1.82, 2.24) is 9.97 Å². The van der Waals surface area contributed by atoms with Crippen molar-refractivity contribution < 1.29 is 4.74 Å². The van der Waals surface area contributed by atoms with Crippen molar-refractivity contribution in [2.24, 2.45) is 0 Å². The molecule has 2 rings (SSSR count). The van der Waals surface area contributed by atoms with Crippen LogP contribution in [-0.4, -0.2) is 17.1 Å². The van der Waals surface area contributed by atoms with Gasteiger partial charge in [0, 0.05) is 17.7 Å². The SMILES string of the molecule is COc1cc(Cl)c(Cl)c(-c2cc(Cl)nc(N)n2)c1. The summed E-state index contributed by atoms with van der Waals surface area (Å²) in [5.74, 6) is 0.625. The molecule has 18 heavy (non-hydrogen) atoms. The van der Waals surface area contributed by atoms with Crippen molar-refractivity contribution in [3.05, 3.63) is 33.4 Å². The number of nitrogen functional groups attached to an aromatic ring is 1. The zero-order chi connectivity index (χ0) is 13.3. The lowest BCUT2D eigenvalue weighted by Crippen LogP contribution is -1.97. The standard InChI is InChI=1S/C11H8Cl3N3O/c1-18-5-2-6(10(14)7(12)3-5)8-4-9(13)17-11(15)16-8/h2-4H,1H3,(H2,15,16,17). The van der Waals surface area contributed by atoms with E-state index < -0.39 is 0 Å². The van der Waals surface area contributed by atoms with Crippen LogP contribution in [0.2, 0.25) is 15.2 Å². The van der Waals surface area contributed by atoms with Gasteiger partial charge in [-0.1, -0.05) is 34.8 Å². The minimum atomic E-state index is 0.0625. The number of benzene rings is 1.